The smallest absolute Gasteiger partial charge is 0.252 e. The molecular weight excluding hydrogens is 710 g/mol. The van der Waals surface area contributed by atoms with Gasteiger partial charge in [-0.05, 0) is 115 Å². The molecule has 0 unspecified atom stereocenters. The minimum atomic E-state index is -1.65. The summed E-state index contributed by atoms with van der Waals surface area (Å²) in [6.07, 6.45) is 0. The van der Waals surface area contributed by atoms with E-state index in [4.69, 9.17) is 0 Å². The van der Waals surface area contributed by atoms with Gasteiger partial charge in [-0.15, -0.1) is 0 Å². The van der Waals surface area contributed by atoms with Crippen molar-refractivity contribution in [2.24, 2.45) is 0 Å². The first-order chi connectivity index (χ1) is 26.9. The number of para-hydroxylation sites is 2. The monoisotopic (exact) mass is 759 g/mol. The van der Waals surface area contributed by atoms with E-state index in [-0.39, 0.29) is 6.71 Å². The van der Waals surface area contributed by atoms with E-state index in [1.54, 1.807) is 0 Å². The van der Waals surface area contributed by atoms with Crippen molar-refractivity contribution in [2.75, 3.05) is 14.7 Å². The summed E-state index contributed by atoms with van der Waals surface area (Å²) in [5.41, 5.74) is 17.4. The fourth-order valence-electron chi connectivity index (χ4n) is 8.69. The molecule has 0 aromatic heterocycles. The Morgan fingerprint density at radius 1 is 0.411 bits per heavy atom. The second kappa shape index (κ2) is 13.6. The Hall–Kier alpha value is -5.56. The Labute approximate surface area is 336 Å². The Kier molecular flexibility index (Phi) is 8.75. The molecular formula is C50H50BN3Si2. The summed E-state index contributed by atoms with van der Waals surface area (Å²) in [4.78, 5) is 7.47. The van der Waals surface area contributed by atoms with Crippen LogP contribution in [0.5, 0.6) is 0 Å². The molecule has 2 heterocycles. The van der Waals surface area contributed by atoms with Gasteiger partial charge in [-0.3, -0.25) is 0 Å². The maximum atomic E-state index is 2.57. The van der Waals surface area contributed by atoms with E-state index in [0.717, 1.165) is 17.1 Å². The van der Waals surface area contributed by atoms with Crippen LogP contribution in [0.4, 0.5) is 51.2 Å². The van der Waals surface area contributed by atoms with Crippen molar-refractivity contribution >= 4 is 101 Å². The highest BCUT2D eigenvalue weighted by molar-refractivity contribution is 7.01. The minimum absolute atomic E-state index is 0.0667. The van der Waals surface area contributed by atoms with E-state index in [1.807, 2.05) is 0 Å². The number of nitrogens with zero attached hydrogens (tertiary/aromatic N) is 3. The normalized spacial score (nSPS) is 13.2. The van der Waals surface area contributed by atoms with E-state index < -0.39 is 16.1 Å². The highest BCUT2D eigenvalue weighted by Gasteiger charge is 2.44. The van der Waals surface area contributed by atoms with Gasteiger partial charge in [-0.2, -0.15) is 0 Å². The van der Waals surface area contributed by atoms with Crippen LogP contribution in [0.25, 0.3) is 0 Å². The van der Waals surface area contributed by atoms with Crippen molar-refractivity contribution in [1.29, 1.82) is 0 Å². The van der Waals surface area contributed by atoms with Crippen LogP contribution in [-0.2, 0) is 0 Å². The predicted octanol–water partition coefficient (Wildman–Crippen LogP) is 10.9. The van der Waals surface area contributed by atoms with Crippen LogP contribution in [0.3, 0.4) is 0 Å². The van der Waals surface area contributed by atoms with Gasteiger partial charge in [0.1, 0.15) is 0 Å². The maximum absolute atomic E-state index is 2.57. The number of rotatable bonds is 7. The molecule has 0 saturated heterocycles. The van der Waals surface area contributed by atoms with E-state index >= 15 is 0 Å². The molecule has 3 nitrogen and oxygen atoms in total. The number of anilines is 9. The molecule has 0 radical (unpaired) electrons. The molecule has 0 amide bonds. The summed E-state index contributed by atoms with van der Waals surface area (Å²) >= 11 is 0. The summed E-state index contributed by atoms with van der Waals surface area (Å²) < 4.78 is 0. The fourth-order valence-corrected chi connectivity index (χ4v) is 11.0. The van der Waals surface area contributed by atoms with E-state index in [0.29, 0.717) is 0 Å². The molecule has 2 aliphatic heterocycles. The molecule has 56 heavy (non-hydrogen) atoms. The molecule has 7 aromatic rings. The van der Waals surface area contributed by atoms with Crippen LogP contribution in [0.1, 0.15) is 11.1 Å². The average molecular weight is 760 g/mol. The third kappa shape index (κ3) is 6.21. The number of aryl methyl sites for hydroxylation is 2. The largest absolute Gasteiger partial charge is 0.311 e. The topological polar surface area (TPSA) is 9.72 Å². The molecule has 2 aliphatic rings. The second-order valence-electron chi connectivity index (χ2n) is 17.7. The van der Waals surface area contributed by atoms with Crippen molar-refractivity contribution in [2.45, 2.75) is 53.1 Å². The summed E-state index contributed by atoms with van der Waals surface area (Å²) in [6, 6.07) is 59.5. The molecule has 9 rings (SSSR count). The van der Waals surface area contributed by atoms with Crippen molar-refractivity contribution in [3.8, 4) is 0 Å². The van der Waals surface area contributed by atoms with Crippen molar-refractivity contribution in [3.63, 3.8) is 0 Å². The van der Waals surface area contributed by atoms with Crippen LogP contribution >= 0.6 is 0 Å². The van der Waals surface area contributed by atoms with Gasteiger partial charge in [0.25, 0.3) is 6.71 Å². The maximum Gasteiger partial charge on any atom is 0.252 e. The summed E-state index contributed by atoms with van der Waals surface area (Å²) in [7, 11) is -3.13. The van der Waals surface area contributed by atoms with Crippen LogP contribution in [0.2, 0.25) is 39.3 Å². The summed E-state index contributed by atoms with van der Waals surface area (Å²) in [5.74, 6) is 0. The quantitative estimate of drug-likeness (QED) is 0.150. The lowest BCUT2D eigenvalue weighted by Crippen LogP contribution is -2.62. The molecule has 0 spiro atoms. The van der Waals surface area contributed by atoms with Gasteiger partial charge >= 0.3 is 0 Å². The van der Waals surface area contributed by atoms with Crippen LogP contribution in [0.15, 0.2) is 158 Å². The Balaban J connectivity index is 1.34. The molecule has 0 aliphatic carbocycles. The van der Waals surface area contributed by atoms with E-state index in [1.165, 1.54) is 72.0 Å². The molecule has 0 bridgehead atoms. The first kappa shape index (κ1) is 36.1. The van der Waals surface area contributed by atoms with Crippen molar-refractivity contribution in [3.05, 3.63) is 169 Å². The third-order valence-corrected chi connectivity index (χ3v) is 15.7. The molecule has 0 fully saturated rings. The minimum Gasteiger partial charge on any atom is -0.311 e. The van der Waals surface area contributed by atoms with Crippen LogP contribution < -0.4 is 41.5 Å². The standard InChI is InChI=1S/C50H50BN3Si2/c1-35-19-21-39(22-20-35)54-47-33-41(52(37-15-11-9-12-16-37)38-17-13-10-14-18-38)25-29-44(47)51-45-34-43(56(6,7)8)28-30-46(45)53(48-31-36(2)32-49(54)50(48)51)40-23-26-42(27-24-40)55(3,4)5/h9-34H,1-8H3. The predicted molar refractivity (Wildman–Crippen MR) is 251 cm³/mol. The number of benzene rings is 7. The van der Waals surface area contributed by atoms with Gasteiger partial charge in [0, 0.05) is 51.2 Å². The van der Waals surface area contributed by atoms with Crippen LogP contribution in [0, 0.1) is 13.8 Å². The Bertz CT molecular complexity index is 2540. The zero-order valence-corrected chi connectivity index (χ0v) is 35.9. The molecule has 276 valence electrons. The van der Waals surface area contributed by atoms with Gasteiger partial charge in [0.15, 0.2) is 0 Å². The SMILES string of the molecule is Cc1ccc(N2c3cc(N(c4ccccc4)c4ccccc4)ccc3B3c4cc([Si](C)(C)C)ccc4N(c4ccc([Si](C)(C)C)cc4)c4cc(C)cc2c43)cc1. The molecule has 0 N–H and O–H groups in total. The third-order valence-electron chi connectivity index (χ3n) is 11.6. The summed E-state index contributed by atoms with van der Waals surface area (Å²) in [5, 5.41) is 2.97. The lowest BCUT2D eigenvalue weighted by Gasteiger charge is -2.45. The Morgan fingerprint density at radius 3 is 1.48 bits per heavy atom. The van der Waals surface area contributed by atoms with E-state index in [9.17, 15) is 0 Å². The van der Waals surface area contributed by atoms with Gasteiger partial charge in [-0.25, -0.2) is 0 Å². The highest BCUT2D eigenvalue weighted by Crippen LogP contribution is 2.46. The first-order valence-electron chi connectivity index (χ1n) is 20.0. The average Bonchev–Trinajstić information content (AvgIpc) is 3.18. The van der Waals surface area contributed by atoms with E-state index in [2.05, 4.69) is 226 Å². The first-order valence-corrected chi connectivity index (χ1v) is 27.0. The molecule has 6 heteroatoms. The summed E-state index contributed by atoms with van der Waals surface area (Å²) in [6.45, 7) is 19.2. The van der Waals surface area contributed by atoms with Crippen LogP contribution in [-0.4, -0.2) is 22.9 Å². The molecule has 0 atom stereocenters. The molecule has 0 saturated carbocycles. The lowest BCUT2D eigenvalue weighted by atomic mass is 9.33. The zero-order valence-electron chi connectivity index (χ0n) is 33.9. The lowest BCUT2D eigenvalue weighted by molar-refractivity contribution is 1.23. The number of fused-ring (bicyclic) bond motifs is 4. The van der Waals surface area contributed by atoms with Gasteiger partial charge in [-0.1, -0.05) is 134 Å². The fraction of sp³-hybridized carbons (Fsp3) is 0.160. The van der Waals surface area contributed by atoms with Crippen molar-refractivity contribution < 1.29 is 0 Å². The second-order valence-corrected chi connectivity index (χ2v) is 27.9. The molecule has 7 aromatic carbocycles. The Morgan fingerprint density at radius 2 is 0.929 bits per heavy atom. The zero-order chi connectivity index (χ0) is 38.9. The van der Waals surface area contributed by atoms with Gasteiger partial charge in [0.05, 0.1) is 16.1 Å². The van der Waals surface area contributed by atoms with Gasteiger partial charge in [0.2, 0.25) is 0 Å². The van der Waals surface area contributed by atoms with Gasteiger partial charge < -0.3 is 14.7 Å². The highest BCUT2D eigenvalue weighted by atomic mass is 28.3. The number of hydrogen-bond donors (Lipinski definition) is 0. The number of hydrogen-bond acceptors (Lipinski definition) is 3. The van der Waals surface area contributed by atoms with Crippen molar-refractivity contribution in [1.82, 2.24) is 0 Å².